The summed E-state index contributed by atoms with van der Waals surface area (Å²) in [7, 11) is 1.77. The van der Waals surface area contributed by atoms with E-state index in [9.17, 15) is 0 Å². The number of nitrogens with one attached hydrogen (secondary N) is 2. The molecule has 0 aromatic rings. The molecular weight excluding hydrogens is 316 g/mol. The first kappa shape index (κ1) is 22.2. The SMILES string of the molecule is CCNC(=NCCC(OCC)C(C)C)NC1CCN(CCOC)CC1. The molecule has 1 fully saturated rings. The van der Waals surface area contributed by atoms with Crippen LogP contribution in [-0.4, -0.2) is 76.1 Å². The van der Waals surface area contributed by atoms with Gasteiger partial charge in [-0.1, -0.05) is 13.8 Å². The topological polar surface area (TPSA) is 58.1 Å². The van der Waals surface area contributed by atoms with Crippen molar-refractivity contribution in [3.05, 3.63) is 0 Å². The highest BCUT2D eigenvalue weighted by molar-refractivity contribution is 5.80. The van der Waals surface area contributed by atoms with Gasteiger partial charge >= 0.3 is 0 Å². The number of piperidine rings is 1. The van der Waals surface area contributed by atoms with E-state index < -0.39 is 0 Å². The zero-order valence-corrected chi connectivity index (χ0v) is 17.0. The molecule has 2 N–H and O–H groups in total. The Morgan fingerprint density at radius 3 is 2.52 bits per heavy atom. The first-order chi connectivity index (χ1) is 12.1. The summed E-state index contributed by atoms with van der Waals surface area (Å²) in [5, 5.41) is 6.98. The Morgan fingerprint density at radius 2 is 1.96 bits per heavy atom. The molecule has 0 radical (unpaired) electrons. The number of hydrogen-bond acceptors (Lipinski definition) is 4. The highest BCUT2D eigenvalue weighted by Crippen LogP contribution is 2.12. The maximum Gasteiger partial charge on any atom is 0.191 e. The fourth-order valence-corrected chi connectivity index (χ4v) is 3.16. The van der Waals surface area contributed by atoms with E-state index >= 15 is 0 Å². The van der Waals surface area contributed by atoms with Crippen molar-refractivity contribution in [2.45, 2.75) is 59.1 Å². The molecule has 1 aliphatic heterocycles. The van der Waals surface area contributed by atoms with Gasteiger partial charge in [0.1, 0.15) is 0 Å². The molecule has 0 bridgehead atoms. The van der Waals surface area contributed by atoms with E-state index in [1.165, 1.54) is 0 Å². The summed E-state index contributed by atoms with van der Waals surface area (Å²) in [6, 6.07) is 0.504. The van der Waals surface area contributed by atoms with Gasteiger partial charge in [0.05, 0.1) is 12.7 Å². The normalized spacial score (nSPS) is 18.6. The van der Waals surface area contributed by atoms with E-state index in [0.717, 1.165) is 71.2 Å². The third kappa shape index (κ3) is 9.42. The summed E-state index contributed by atoms with van der Waals surface area (Å²) in [6.45, 7) is 15.2. The van der Waals surface area contributed by atoms with Gasteiger partial charge in [-0.2, -0.15) is 0 Å². The molecule has 6 heteroatoms. The average molecular weight is 357 g/mol. The van der Waals surface area contributed by atoms with Crippen LogP contribution in [0.15, 0.2) is 4.99 Å². The van der Waals surface area contributed by atoms with E-state index in [1.807, 2.05) is 0 Å². The second-order valence-electron chi connectivity index (χ2n) is 7.04. The molecule has 148 valence electrons. The maximum absolute atomic E-state index is 5.81. The fourth-order valence-electron chi connectivity index (χ4n) is 3.16. The van der Waals surface area contributed by atoms with Crippen LogP contribution in [0.4, 0.5) is 0 Å². The Morgan fingerprint density at radius 1 is 1.24 bits per heavy atom. The number of aliphatic imine (C=N–C) groups is 1. The molecule has 1 atom stereocenters. The van der Waals surface area contributed by atoms with Crippen LogP contribution in [0.1, 0.15) is 47.0 Å². The Bertz CT molecular complexity index is 355. The molecule has 1 unspecified atom stereocenters. The van der Waals surface area contributed by atoms with Crippen molar-refractivity contribution >= 4 is 5.96 Å². The van der Waals surface area contributed by atoms with Crippen LogP contribution in [0.3, 0.4) is 0 Å². The molecule has 0 spiro atoms. The van der Waals surface area contributed by atoms with Crippen LogP contribution in [0, 0.1) is 5.92 Å². The summed E-state index contributed by atoms with van der Waals surface area (Å²) < 4.78 is 11.0. The molecule has 6 nitrogen and oxygen atoms in total. The number of rotatable bonds is 11. The second kappa shape index (κ2) is 13.4. The first-order valence-corrected chi connectivity index (χ1v) is 9.98. The molecule has 1 rings (SSSR count). The molecule has 0 saturated carbocycles. The number of ether oxygens (including phenoxy) is 2. The predicted molar refractivity (Wildman–Crippen MR) is 105 cm³/mol. The van der Waals surface area contributed by atoms with Gasteiger partial charge in [0, 0.05) is 52.5 Å². The van der Waals surface area contributed by atoms with Crippen molar-refractivity contribution in [3.8, 4) is 0 Å². The van der Waals surface area contributed by atoms with Crippen LogP contribution in [0.5, 0.6) is 0 Å². The Labute approximate surface area is 154 Å². The lowest BCUT2D eigenvalue weighted by Crippen LogP contribution is -2.49. The van der Waals surface area contributed by atoms with Gasteiger partial charge in [0.2, 0.25) is 0 Å². The van der Waals surface area contributed by atoms with E-state index in [-0.39, 0.29) is 0 Å². The minimum atomic E-state index is 0.292. The third-order valence-electron chi connectivity index (χ3n) is 4.69. The predicted octanol–water partition coefficient (Wildman–Crippen LogP) is 2.10. The lowest BCUT2D eigenvalue weighted by molar-refractivity contribution is 0.0266. The van der Waals surface area contributed by atoms with E-state index in [1.54, 1.807) is 7.11 Å². The highest BCUT2D eigenvalue weighted by atomic mass is 16.5. The average Bonchev–Trinajstić information content (AvgIpc) is 2.60. The second-order valence-corrected chi connectivity index (χ2v) is 7.04. The number of hydrogen-bond donors (Lipinski definition) is 2. The van der Waals surface area contributed by atoms with Gasteiger partial charge in [-0.15, -0.1) is 0 Å². The molecule has 25 heavy (non-hydrogen) atoms. The Kier molecular flexibility index (Phi) is 11.9. The minimum absolute atomic E-state index is 0.292. The highest BCUT2D eigenvalue weighted by Gasteiger charge is 2.19. The number of guanidine groups is 1. The van der Waals surface area contributed by atoms with Crippen molar-refractivity contribution in [1.82, 2.24) is 15.5 Å². The minimum Gasteiger partial charge on any atom is -0.383 e. The summed E-state index contributed by atoms with van der Waals surface area (Å²) >= 11 is 0. The van der Waals surface area contributed by atoms with Crippen LogP contribution in [0.25, 0.3) is 0 Å². The smallest absolute Gasteiger partial charge is 0.191 e. The van der Waals surface area contributed by atoms with Gasteiger partial charge in [-0.3, -0.25) is 4.99 Å². The summed E-state index contributed by atoms with van der Waals surface area (Å²) in [4.78, 5) is 7.23. The van der Waals surface area contributed by atoms with Crippen molar-refractivity contribution in [2.24, 2.45) is 10.9 Å². The summed E-state index contributed by atoms with van der Waals surface area (Å²) in [5.74, 6) is 1.47. The van der Waals surface area contributed by atoms with Gasteiger partial charge in [-0.25, -0.2) is 0 Å². The molecule has 1 heterocycles. The van der Waals surface area contributed by atoms with Crippen LogP contribution >= 0.6 is 0 Å². The zero-order valence-electron chi connectivity index (χ0n) is 17.0. The molecule has 0 aromatic heterocycles. The van der Waals surface area contributed by atoms with Crippen LogP contribution < -0.4 is 10.6 Å². The summed E-state index contributed by atoms with van der Waals surface area (Å²) in [5.41, 5.74) is 0. The van der Waals surface area contributed by atoms with Crippen molar-refractivity contribution < 1.29 is 9.47 Å². The number of nitrogens with zero attached hydrogens (tertiary/aromatic N) is 2. The molecule has 0 aromatic carbocycles. The quantitative estimate of drug-likeness (QED) is 0.439. The molecule has 0 aliphatic carbocycles. The van der Waals surface area contributed by atoms with Crippen LogP contribution in [0.2, 0.25) is 0 Å². The number of likely N-dealkylation sites (tertiary alicyclic amines) is 1. The third-order valence-corrected chi connectivity index (χ3v) is 4.69. The van der Waals surface area contributed by atoms with Crippen molar-refractivity contribution in [3.63, 3.8) is 0 Å². The zero-order chi connectivity index (χ0) is 18.5. The largest absolute Gasteiger partial charge is 0.383 e. The van der Waals surface area contributed by atoms with Gasteiger partial charge in [-0.05, 0) is 39.0 Å². The molecule has 0 amide bonds. The maximum atomic E-state index is 5.81. The lowest BCUT2D eigenvalue weighted by Gasteiger charge is -2.32. The monoisotopic (exact) mass is 356 g/mol. The fraction of sp³-hybridized carbons (Fsp3) is 0.947. The standard InChI is InChI=1S/C19H40N4O2/c1-6-20-19(21-11-8-18(16(3)4)25-7-2)22-17-9-12-23(13-10-17)14-15-24-5/h16-18H,6-15H2,1-5H3,(H2,20,21,22). The van der Waals surface area contributed by atoms with Crippen molar-refractivity contribution in [1.29, 1.82) is 0 Å². The van der Waals surface area contributed by atoms with E-state index in [2.05, 4.69) is 43.2 Å². The Hall–Kier alpha value is -0.850. The lowest BCUT2D eigenvalue weighted by atomic mass is 10.0. The number of methoxy groups -OCH3 is 1. The first-order valence-electron chi connectivity index (χ1n) is 9.98. The van der Waals surface area contributed by atoms with Gasteiger partial charge < -0.3 is 25.0 Å². The molecule has 1 saturated heterocycles. The summed E-state index contributed by atoms with van der Waals surface area (Å²) in [6.07, 6.45) is 3.57. The van der Waals surface area contributed by atoms with E-state index in [0.29, 0.717) is 18.1 Å². The molecular formula is C19H40N4O2. The molecule has 1 aliphatic rings. The van der Waals surface area contributed by atoms with Crippen LogP contribution in [-0.2, 0) is 9.47 Å². The van der Waals surface area contributed by atoms with Crippen molar-refractivity contribution in [2.75, 3.05) is 53.0 Å². The Balaban J connectivity index is 2.40. The van der Waals surface area contributed by atoms with Gasteiger partial charge in [0.15, 0.2) is 5.96 Å². The van der Waals surface area contributed by atoms with E-state index in [4.69, 9.17) is 14.5 Å². The van der Waals surface area contributed by atoms with Gasteiger partial charge in [0.25, 0.3) is 0 Å².